The van der Waals surface area contributed by atoms with Gasteiger partial charge in [-0.3, -0.25) is 4.79 Å². The first-order chi connectivity index (χ1) is 12.1. The minimum atomic E-state index is -0.914. The summed E-state index contributed by atoms with van der Waals surface area (Å²) in [6, 6.07) is -0.716. The van der Waals surface area contributed by atoms with E-state index in [1.54, 1.807) is 0 Å². The number of carboxylic acid groups (broad SMARTS) is 1. The van der Waals surface area contributed by atoms with Crippen molar-refractivity contribution in [1.29, 1.82) is 0 Å². The maximum Gasteiger partial charge on any atom is 0.326 e. The van der Waals surface area contributed by atoms with Crippen molar-refractivity contribution in [3.05, 3.63) is 0 Å². The molecular weight excluding hydrogens is 314 g/mol. The molecule has 148 valence electrons. The summed E-state index contributed by atoms with van der Waals surface area (Å²) < 4.78 is 0. The number of rotatable bonds is 18. The Bertz CT molecular complexity index is 331. The molecule has 0 heterocycles. The summed E-state index contributed by atoms with van der Waals surface area (Å²) in [6.07, 6.45) is 17.7. The average molecular weight is 356 g/mol. The maximum absolute atomic E-state index is 11.9. The largest absolute Gasteiger partial charge is 0.480 e. The zero-order chi connectivity index (χ0) is 18.8. The molecule has 4 heteroatoms. The van der Waals surface area contributed by atoms with Crippen LogP contribution in [0.5, 0.6) is 0 Å². The molecule has 0 spiro atoms. The highest BCUT2D eigenvalue weighted by Gasteiger charge is 2.18. The van der Waals surface area contributed by atoms with Gasteiger partial charge in [0.1, 0.15) is 6.04 Å². The summed E-state index contributed by atoms with van der Waals surface area (Å²) in [7, 11) is 0. The summed E-state index contributed by atoms with van der Waals surface area (Å²) >= 11 is 0. The Labute approximate surface area is 155 Å². The van der Waals surface area contributed by atoms with Gasteiger partial charge in [-0.25, -0.2) is 4.79 Å². The van der Waals surface area contributed by atoms with Gasteiger partial charge in [0.15, 0.2) is 0 Å². The number of amides is 1. The van der Waals surface area contributed by atoms with Crippen molar-refractivity contribution in [1.82, 2.24) is 5.32 Å². The third-order valence-electron chi connectivity index (χ3n) is 4.74. The summed E-state index contributed by atoms with van der Waals surface area (Å²) in [5.41, 5.74) is 0. The van der Waals surface area contributed by atoms with Crippen LogP contribution in [-0.2, 0) is 9.59 Å². The van der Waals surface area contributed by atoms with E-state index in [1.165, 1.54) is 57.8 Å². The zero-order valence-corrected chi connectivity index (χ0v) is 16.7. The van der Waals surface area contributed by atoms with E-state index in [1.807, 2.05) is 0 Å². The monoisotopic (exact) mass is 355 g/mol. The van der Waals surface area contributed by atoms with Crippen LogP contribution < -0.4 is 5.32 Å². The number of unbranched alkanes of at least 4 members (excludes halogenated alkanes) is 12. The van der Waals surface area contributed by atoms with Gasteiger partial charge in [-0.1, -0.05) is 97.3 Å². The number of carboxylic acids is 1. The topological polar surface area (TPSA) is 66.4 Å². The van der Waals surface area contributed by atoms with Crippen LogP contribution in [0.4, 0.5) is 0 Å². The van der Waals surface area contributed by atoms with Crippen molar-refractivity contribution in [2.75, 3.05) is 0 Å². The summed E-state index contributed by atoms with van der Waals surface area (Å²) in [4.78, 5) is 23.1. The highest BCUT2D eigenvalue weighted by atomic mass is 16.4. The SMILES string of the molecule is CCCCCCCCCCCCCC(=O)N[C@@H](CCCCC)C(=O)O. The molecule has 1 amide bonds. The Morgan fingerprint density at radius 2 is 1.16 bits per heavy atom. The number of carbonyl (C=O) groups is 2. The van der Waals surface area contributed by atoms with Gasteiger partial charge in [0.2, 0.25) is 5.91 Å². The van der Waals surface area contributed by atoms with Crippen LogP contribution in [0.25, 0.3) is 0 Å². The van der Waals surface area contributed by atoms with Crippen LogP contribution in [0.3, 0.4) is 0 Å². The fourth-order valence-corrected chi connectivity index (χ4v) is 3.07. The van der Waals surface area contributed by atoms with E-state index < -0.39 is 12.0 Å². The van der Waals surface area contributed by atoms with Gasteiger partial charge < -0.3 is 10.4 Å². The standard InChI is InChI=1S/C21H41NO3/c1-3-5-7-8-9-10-11-12-13-14-16-18-20(23)22-19(21(24)25)17-15-6-4-2/h19H,3-18H2,1-2H3,(H,22,23)(H,24,25)/t19-/m0/s1. The number of aliphatic carboxylic acids is 1. The Balaban J connectivity index is 3.54. The molecular formula is C21H41NO3. The molecule has 0 fully saturated rings. The number of hydrogen-bond acceptors (Lipinski definition) is 2. The van der Waals surface area contributed by atoms with E-state index in [0.29, 0.717) is 12.8 Å². The smallest absolute Gasteiger partial charge is 0.326 e. The summed E-state index contributed by atoms with van der Waals surface area (Å²) in [5.74, 6) is -1.02. The van der Waals surface area contributed by atoms with Crippen molar-refractivity contribution in [3.63, 3.8) is 0 Å². The second-order valence-electron chi connectivity index (χ2n) is 7.24. The molecule has 0 radical (unpaired) electrons. The number of nitrogens with one attached hydrogen (secondary N) is 1. The molecule has 4 nitrogen and oxygen atoms in total. The van der Waals surface area contributed by atoms with Crippen LogP contribution in [0.2, 0.25) is 0 Å². The Kier molecular flexibility index (Phi) is 17.0. The van der Waals surface area contributed by atoms with Gasteiger partial charge >= 0.3 is 5.97 Å². The van der Waals surface area contributed by atoms with E-state index in [4.69, 9.17) is 5.11 Å². The molecule has 0 aliphatic heterocycles. The van der Waals surface area contributed by atoms with Crippen LogP contribution in [0.15, 0.2) is 0 Å². The third kappa shape index (κ3) is 16.2. The van der Waals surface area contributed by atoms with Crippen molar-refractivity contribution >= 4 is 11.9 Å². The van der Waals surface area contributed by atoms with E-state index in [9.17, 15) is 9.59 Å². The van der Waals surface area contributed by atoms with Crippen LogP contribution in [0.1, 0.15) is 117 Å². The fourth-order valence-electron chi connectivity index (χ4n) is 3.07. The van der Waals surface area contributed by atoms with Gasteiger partial charge in [0.25, 0.3) is 0 Å². The lowest BCUT2D eigenvalue weighted by molar-refractivity contribution is -0.142. The molecule has 0 unspecified atom stereocenters. The van der Waals surface area contributed by atoms with Crippen molar-refractivity contribution in [2.45, 2.75) is 123 Å². The zero-order valence-electron chi connectivity index (χ0n) is 16.7. The van der Waals surface area contributed by atoms with Crippen molar-refractivity contribution in [2.24, 2.45) is 0 Å². The fraction of sp³-hybridized carbons (Fsp3) is 0.905. The maximum atomic E-state index is 11.9. The lowest BCUT2D eigenvalue weighted by Crippen LogP contribution is -2.40. The second-order valence-corrected chi connectivity index (χ2v) is 7.24. The molecule has 0 rings (SSSR count). The molecule has 0 aromatic heterocycles. The molecule has 0 saturated heterocycles. The summed E-state index contributed by atoms with van der Waals surface area (Å²) in [5, 5.41) is 11.8. The quantitative estimate of drug-likeness (QED) is 0.304. The molecule has 0 aromatic rings. The first kappa shape index (κ1) is 23.9. The highest BCUT2D eigenvalue weighted by Crippen LogP contribution is 2.12. The predicted molar refractivity (Wildman–Crippen MR) is 105 cm³/mol. The first-order valence-corrected chi connectivity index (χ1v) is 10.6. The van der Waals surface area contributed by atoms with Crippen LogP contribution in [0, 0.1) is 0 Å². The predicted octanol–water partition coefficient (Wildman–Crippen LogP) is 5.84. The van der Waals surface area contributed by atoms with E-state index in [0.717, 1.165) is 32.1 Å². The van der Waals surface area contributed by atoms with E-state index in [-0.39, 0.29) is 5.91 Å². The number of hydrogen-bond donors (Lipinski definition) is 2. The Morgan fingerprint density at radius 3 is 1.64 bits per heavy atom. The molecule has 2 N–H and O–H groups in total. The molecule has 0 saturated carbocycles. The second kappa shape index (κ2) is 17.8. The molecule has 0 aliphatic carbocycles. The van der Waals surface area contributed by atoms with Gasteiger partial charge in [-0.15, -0.1) is 0 Å². The van der Waals surface area contributed by atoms with Gasteiger partial charge in [0.05, 0.1) is 0 Å². The third-order valence-corrected chi connectivity index (χ3v) is 4.74. The lowest BCUT2D eigenvalue weighted by Gasteiger charge is -2.14. The number of carbonyl (C=O) groups excluding carboxylic acids is 1. The Morgan fingerprint density at radius 1 is 0.720 bits per heavy atom. The average Bonchev–Trinajstić information content (AvgIpc) is 2.58. The van der Waals surface area contributed by atoms with Gasteiger partial charge in [0, 0.05) is 6.42 Å². The minimum Gasteiger partial charge on any atom is -0.480 e. The van der Waals surface area contributed by atoms with Crippen LogP contribution >= 0.6 is 0 Å². The molecule has 0 bridgehead atoms. The van der Waals surface area contributed by atoms with Crippen molar-refractivity contribution < 1.29 is 14.7 Å². The van der Waals surface area contributed by atoms with Crippen LogP contribution in [-0.4, -0.2) is 23.0 Å². The van der Waals surface area contributed by atoms with Crippen molar-refractivity contribution in [3.8, 4) is 0 Å². The Hall–Kier alpha value is -1.06. The van der Waals surface area contributed by atoms with E-state index >= 15 is 0 Å². The molecule has 0 aliphatic rings. The minimum absolute atomic E-state index is 0.111. The summed E-state index contributed by atoms with van der Waals surface area (Å²) in [6.45, 7) is 4.33. The van der Waals surface area contributed by atoms with Gasteiger partial charge in [-0.2, -0.15) is 0 Å². The molecule has 25 heavy (non-hydrogen) atoms. The first-order valence-electron chi connectivity index (χ1n) is 10.6. The normalized spacial score (nSPS) is 12.1. The molecule has 0 aromatic carbocycles. The highest BCUT2D eigenvalue weighted by molar-refractivity contribution is 5.83. The van der Waals surface area contributed by atoms with Gasteiger partial charge in [-0.05, 0) is 12.8 Å². The lowest BCUT2D eigenvalue weighted by atomic mass is 10.0. The van der Waals surface area contributed by atoms with E-state index in [2.05, 4.69) is 19.2 Å². The molecule has 1 atom stereocenters.